The third kappa shape index (κ3) is 1.08. The van der Waals surface area contributed by atoms with Gasteiger partial charge in [0.25, 0.3) is 0 Å². The van der Waals surface area contributed by atoms with E-state index in [1.165, 1.54) is 16.5 Å². The van der Waals surface area contributed by atoms with Crippen LogP contribution in [0.5, 0.6) is 0 Å². The van der Waals surface area contributed by atoms with E-state index >= 15 is 0 Å². The van der Waals surface area contributed by atoms with Crippen LogP contribution in [0.25, 0.3) is 10.9 Å². The van der Waals surface area contributed by atoms with Gasteiger partial charge in [-0.2, -0.15) is 5.10 Å². The van der Waals surface area contributed by atoms with Crippen LogP contribution in [0.15, 0.2) is 12.1 Å². The highest BCUT2D eigenvalue weighted by molar-refractivity contribution is 5.93. The molecule has 0 fully saturated rings. The lowest BCUT2D eigenvalue weighted by Crippen LogP contribution is -1.90. The van der Waals surface area contributed by atoms with Crippen molar-refractivity contribution in [3.05, 3.63) is 23.3 Å². The largest absolute Gasteiger partial charge is 0.371 e. The zero-order chi connectivity index (χ0) is 9.42. The number of nitrogens with one attached hydrogen (secondary N) is 2. The van der Waals surface area contributed by atoms with Gasteiger partial charge in [0, 0.05) is 12.4 Å². The summed E-state index contributed by atoms with van der Waals surface area (Å²) in [5.74, 6) is 0.927. The Kier molecular flexibility index (Phi) is 1.72. The number of nitrogens with zero attached hydrogens (tertiary/aromatic N) is 1. The van der Waals surface area contributed by atoms with Crippen LogP contribution in [-0.4, -0.2) is 17.2 Å². The van der Waals surface area contributed by atoms with Gasteiger partial charge in [0.15, 0.2) is 5.82 Å². The number of hydrogen-bond donors (Lipinski definition) is 2. The molecule has 0 spiro atoms. The van der Waals surface area contributed by atoms with Crippen LogP contribution in [-0.2, 0) is 0 Å². The molecule has 2 aromatic rings. The van der Waals surface area contributed by atoms with E-state index in [4.69, 9.17) is 0 Å². The fourth-order valence-corrected chi connectivity index (χ4v) is 1.57. The monoisotopic (exact) mass is 175 g/mol. The summed E-state index contributed by atoms with van der Waals surface area (Å²) in [7, 11) is 1.89. The summed E-state index contributed by atoms with van der Waals surface area (Å²) in [4.78, 5) is 0. The first-order valence-corrected chi connectivity index (χ1v) is 4.36. The molecule has 0 amide bonds. The summed E-state index contributed by atoms with van der Waals surface area (Å²) < 4.78 is 0. The maximum Gasteiger partial charge on any atom is 0.155 e. The first-order chi connectivity index (χ1) is 6.24. The summed E-state index contributed by atoms with van der Waals surface area (Å²) in [5, 5.41) is 11.4. The van der Waals surface area contributed by atoms with E-state index in [0.717, 1.165) is 11.3 Å². The van der Waals surface area contributed by atoms with E-state index in [-0.39, 0.29) is 0 Å². The van der Waals surface area contributed by atoms with E-state index in [1.54, 1.807) is 0 Å². The molecule has 1 aromatic heterocycles. The maximum absolute atomic E-state index is 4.18. The molecule has 1 aromatic carbocycles. The third-order valence-corrected chi connectivity index (χ3v) is 2.50. The van der Waals surface area contributed by atoms with Crippen molar-refractivity contribution in [1.82, 2.24) is 10.2 Å². The van der Waals surface area contributed by atoms with Gasteiger partial charge in [0.05, 0.1) is 5.52 Å². The van der Waals surface area contributed by atoms with Gasteiger partial charge in [-0.1, -0.05) is 6.07 Å². The van der Waals surface area contributed by atoms with Crippen molar-refractivity contribution in [3.8, 4) is 0 Å². The molecule has 0 unspecified atom stereocenters. The number of aryl methyl sites for hydroxylation is 2. The molecule has 2 N–H and O–H groups in total. The summed E-state index contributed by atoms with van der Waals surface area (Å²) >= 11 is 0. The first-order valence-electron chi connectivity index (χ1n) is 4.36. The standard InChI is InChI=1S/C10H13N3/c1-6-4-5-8-9(7(6)2)10(11-3)13-12-8/h4-5H,1-3H3,(H2,11,12,13). The number of fused-ring (bicyclic) bond motifs is 1. The van der Waals surface area contributed by atoms with Gasteiger partial charge in [0.2, 0.25) is 0 Å². The predicted molar refractivity (Wildman–Crippen MR) is 55.1 cm³/mol. The van der Waals surface area contributed by atoms with E-state index in [9.17, 15) is 0 Å². The lowest BCUT2D eigenvalue weighted by molar-refractivity contribution is 1.11. The molecular weight excluding hydrogens is 162 g/mol. The number of rotatable bonds is 1. The average Bonchev–Trinajstić information content (AvgIpc) is 2.55. The van der Waals surface area contributed by atoms with Crippen LogP contribution >= 0.6 is 0 Å². The number of hydrogen-bond acceptors (Lipinski definition) is 2. The Morgan fingerprint density at radius 3 is 2.77 bits per heavy atom. The maximum atomic E-state index is 4.18. The molecule has 0 bridgehead atoms. The highest BCUT2D eigenvalue weighted by atomic mass is 15.2. The number of aromatic amines is 1. The van der Waals surface area contributed by atoms with Crippen LogP contribution in [0.3, 0.4) is 0 Å². The van der Waals surface area contributed by atoms with Gasteiger partial charge < -0.3 is 5.32 Å². The van der Waals surface area contributed by atoms with Crippen molar-refractivity contribution in [1.29, 1.82) is 0 Å². The Bertz CT molecular complexity index is 443. The van der Waals surface area contributed by atoms with Gasteiger partial charge in [-0.3, -0.25) is 5.10 Å². The van der Waals surface area contributed by atoms with Crippen molar-refractivity contribution in [3.63, 3.8) is 0 Å². The smallest absolute Gasteiger partial charge is 0.155 e. The molecule has 0 aliphatic heterocycles. The highest BCUT2D eigenvalue weighted by Crippen LogP contribution is 2.25. The fourth-order valence-electron chi connectivity index (χ4n) is 1.57. The molecule has 0 radical (unpaired) electrons. The Morgan fingerprint density at radius 1 is 1.31 bits per heavy atom. The van der Waals surface area contributed by atoms with E-state index in [2.05, 4.69) is 41.5 Å². The van der Waals surface area contributed by atoms with Crippen molar-refractivity contribution in [2.75, 3.05) is 12.4 Å². The first kappa shape index (κ1) is 8.10. The Labute approximate surface area is 77.2 Å². The zero-order valence-corrected chi connectivity index (χ0v) is 8.10. The van der Waals surface area contributed by atoms with Crippen LogP contribution in [0.4, 0.5) is 5.82 Å². The number of H-pyrrole nitrogens is 1. The summed E-state index contributed by atoms with van der Waals surface area (Å²) in [5.41, 5.74) is 3.67. The second-order valence-corrected chi connectivity index (χ2v) is 3.25. The molecule has 0 aliphatic carbocycles. The summed E-state index contributed by atoms with van der Waals surface area (Å²) in [6.07, 6.45) is 0. The minimum absolute atomic E-state index is 0.927. The molecular formula is C10H13N3. The zero-order valence-electron chi connectivity index (χ0n) is 8.10. The molecule has 1 heterocycles. The van der Waals surface area contributed by atoms with Crippen LogP contribution in [0, 0.1) is 13.8 Å². The quantitative estimate of drug-likeness (QED) is 0.697. The molecule has 3 nitrogen and oxygen atoms in total. The molecule has 0 atom stereocenters. The molecule has 0 saturated carbocycles. The van der Waals surface area contributed by atoms with Crippen LogP contribution in [0.2, 0.25) is 0 Å². The van der Waals surface area contributed by atoms with Crippen LogP contribution in [0.1, 0.15) is 11.1 Å². The average molecular weight is 175 g/mol. The van der Waals surface area contributed by atoms with Gasteiger partial charge in [0.1, 0.15) is 0 Å². The minimum Gasteiger partial charge on any atom is -0.371 e. The van der Waals surface area contributed by atoms with Gasteiger partial charge in [-0.25, -0.2) is 0 Å². The minimum atomic E-state index is 0.927. The Hall–Kier alpha value is -1.51. The van der Waals surface area contributed by atoms with Gasteiger partial charge in [-0.15, -0.1) is 0 Å². The lowest BCUT2D eigenvalue weighted by atomic mass is 10.1. The van der Waals surface area contributed by atoms with E-state index in [1.807, 2.05) is 7.05 Å². The molecule has 13 heavy (non-hydrogen) atoms. The summed E-state index contributed by atoms with van der Waals surface area (Å²) in [6, 6.07) is 4.17. The Morgan fingerprint density at radius 2 is 2.08 bits per heavy atom. The third-order valence-electron chi connectivity index (χ3n) is 2.50. The van der Waals surface area contributed by atoms with Gasteiger partial charge >= 0.3 is 0 Å². The van der Waals surface area contributed by atoms with Crippen molar-refractivity contribution >= 4 is 16.7 Å². The molecule has 3 heteroatoms. The lowest BCUT2D eigenvalue weighted by Gasteiger charge is -2.02. The molecule has 2 rings (SSSR count). The van der Waals surface area contributed by atoms with E-state index < -0.39 is 0 Å². The van der Waals surface area contributed by atoms with Crippen molar-refractivity contribution in [2.24, 2.45) is 0 Å². The SMILES string of the molecule is CNc1n[nH]c2ccc(C)c(C)c12. The second kappa shape index (κ2) is 2.76. The van der Waals surface area contributed by atoms with Gasteiger partial charge in [-0.05, 0) is 31.0 Å². The molecule has 0 saturated heterocycles. The predicted octanol–water partition coefficient (Wildman–Crippen LogP) is 2.22. The molecule has 0 aliphatic rings. The normalized spacial score (nSPS) is 10.7. The van der Waals surface area contributed by atoms with Crippen LogP contribution < -0.4 is 5.32 Å². The van der Waals surface area contributed by atoms with Crippen molar-refractivity contribution < 1.29 is 0 Å². The highest BCUT2D eigenvalue weighted by Gasteiger charge is 2.07. The fraction of sp³-hybridized carbons (Fsp3) is 0.300. The number of anilines is 1. The van der Waals surface area contributed by atoms with E-state index in [0.29, 0.717) is 0 Å². The topological polar surface area (TPSA) is 40.7 Å². The number of benzene rings is 1. The molecule has 68 valence electrons. The second-order valence-electron chi connectivity index (χ2n) is 3.25. The number of aromatic nitrogens is 2. The van der Waals surface area contributed by atoms with Crippen molar-refractivity contribution in [2.45, 2.75) is 13.8 Å². The summed E-state index contributed by atoms with van der Waals surface area (Å²) in [6.45, 7) is 4.23. The Balaban J connectivity index is 2.85.